The number of hydrogen-bond acceptors (Lipinski definition) is 3. The molecule has 0 spiro atoms. The van der Waals surface area contributed by atoms with Crippen LogP contribution < -0.4 is 0 Å². The van der Waals surface area contributed by atoms with Crippen LogP contribution in [0.2, 0.25) is 5.02 Å². The summed E-state index contributed by atoms with van der Waals surface area (Å²) in [7, 11) is 0. The molecule has 0 aliphatic heterocycles. The standard InChI is InChI=1S/C23H21ClO3.C4H10/c1-16(25)21-5-3-4-6-22(21)23(2,18-9-11-19(24)12-10-18)27-15-17-7-13-20(26)14-8-17;1-3-4-2/h3-14,26H,15H2,1-2H3;3-4H2,1-2H3. The normalized spacial score (nSPS) is 12.4. The highest BCUT2D eigenvalue weighted by Crippen LogP contribution is 2.37. The van der Waals surface area contributed by atoms with Crippen LogP contribution in [0.15, 0.2) is 72.8 Å². The number of ketones is 1. The van der Waals surface area contributed by atoms with Gasteiger partial charge in [-0.15, -0.1) is 0 Å². The average molecular weight is 439 g/mol. The first-order valence-corrected chi connectivity index (χ1v) is 11.0. The molecule has 0 heterocycles. The van der Waals surface area contributed by atoms with Crippen molar-refractivity contribution >= 4 is 17.4 Å². The van der Waals surface area contributed by atoms with Crippen molar-refractivity contribution in [2.45, 2.75) is 52.7 Å². The van der Waals surface area contributed by atoms with Crippen molar-refractivity contribution in [3.8, 4) is 5.75 Å². The summed E-state index contributed by atoms with van der Waals surface area (Å²) in [6.07, 6.45) is 2.64. The van der Waals surface area contributed by atoms with Gasteiger partial charge in [-0.1, -0.05) is 86.8 Å². The monoisotopic (exact) mass is 438 g/mol. The summed E-state index contributed by atoms with van der Waals surface area (Å²) in [4.78, 5) is 12.2. The Morgan fingerprint density at radius 2 is 1.52 bits per heavy atom. The number of phenols is 1. The van der Waals surface area contributed by atoms with Crippen molar-refractivity contribution in [2.75, 3.05) is 0 Å². The third kappa shape index (κ3) is 6.68. The second-order valence-electron chi connectivity index (χ2n) is 7.60. The Labute approximate surface area is 190 Å². The number of carbonyl (C=O) groups is 1. The number of unbranched alkanes of at least 4 members (excludes halogenated alkanes) is 1. The van der Waals surface area contributed by atoms with E-state index in [0.717, 1.165) is 16.7 Å². The van der Waals surface area contributed by atoms with E-state index in [-0.39, 0.29) is 11.5 Å². The number of aromatic hydroxyl groups is 1. The van der Waals surface area contributed by atoms with Gasteiger partial charge in [-0.3, -0.25) is 4.79 Å². The van der Waals surface area contributed by atoms with Gasteiger partial charge in [0.05, 0.1) is 6.61 Å². The first kappa shape index (κ1) is 24.6. The molecule has 0 saturated carbocycles. The van der Waals surface area contributed by atoms with E-state index in [9.17, 15) is 9.90 Å². The third-order valence-electron chi connectivity index (χ3n) is 5.18. The van der Waals surface area contributed by atoms with Crippen LogP contribution in [0, 0.1) is 0 Å². The minimum absolute atomic E-state index is 0.0148. The number of ether oxygens (including phenoxy) is 1. The van der Waals surface area contributed by atoms with Gasteiger partial charge in [0.2, 0.25) is 0 Å². The Morgan fingerprint density at radius 1 is 0.935 bits per heavy atom. The van der Waals surface area contributed by atoms with E-state index >= 15 is 0 Å². The van der Waals surface area contributed by atoms with Crippen LogP contribution in [0.1, 0.15) is 67.6 Å². The molecule has 164 valence electrons. The lowest BCUT2D eigenvalue weighted by Crippen LogP contribution is -2.29. The fourth-order valence-electron chi connectivity index (χ4n) is 3.11. The zero-order valence-corrected chi connectivity index (χ0v) is 19.4. The summed E-state index contributed by atoms with van der Waals surface area (Å²) in [5.74, 6) is 0.195. The molecule has 0 fully saturated rings. The Bertz CT molecular complexity index is 963. The predicted molar refractivity (Wildman–Crippen MR) is 128 cm³/mol. The molecule has 0 radical (unpaired) electrons. The molecule has 0 aromatic heterocycles. The van der Waals surface area contributed by atoms with Crippen molar-refractivity contribution < 1.29 is 14.6 Å². The van der Waals surface area contributed by atoms with Crippen molar-refractivity contribution in [1.82, 2.24) is 0 Å². The molecule has 4 heteroatoms. The number of rotatable bonds is 7. The van der Waals surface area contributed by atoms with Crippen LogP contribution in [-0.2, 0) is 16.9 Å². The molecule has 0 aliphatic carbocycles. The lowest BCUT2D eigenvalue weighted by atomic mass is 9.84. The topological polar surface area (TPSA) is 46.5 Å². The Kier molecular flexibility index (Phi) is 9.29. The van der Waals surface area contributed by atoms with Gasteiger partial charge in [-0.25, -0.2) is 0 Å². The Morgan fingerprint density at radius 3 is 2.06 bits per heavy atom. The molecule has 3 aromatic carbocycles. The van der Waals surface area contributed by atoms with E-state index < -0.39 is 5.60 Å². The van der Waals surface area contributed by atoms with E-state index in [1.54, 1.807) is 19.1 Å². The van der Waals surface area contributed by atoms with Crippen LogP contribution in [0.5, 0.6) is 5.75 Å². The number of phenolic OH excluding ortho intramolecular Hbond substituents is 1. The summed E-state index contributed by atoms with van der Waals surface area (Å²) >= 11 is 6.06. The van der Waals surface area contributed by atoms with Crippen molar-refractivity contribution in [2.24, 2.45) is 0 Å². The van der Waals surface area contributed by atoms with E-state index in [4.69, 9.17) is 16.3 Å². The molecule has 0 amide bonds. The van der Waals surface area contributed by atoms with E-state index in [1.807, 2.05) is 67.6 Å². The molecular formula is C27H31ClO3. The first-order valence-electron chi connectivity index (χ1n) is 10.6. The van der Waals surface area contributed by atoms with Gasteiger partial charge in [-0.2, -0.15) is 0 Å². The molecule has 0 aliphatic rings. The molecule has 3 aromatic rings. The van der Waals surface area contributed by atoms with Gasteiger partial charge in [0, 0.05) is 10.6 Å². The molecule has 1 atom stereocenters. The number of carbonyl (C=O) groups excluding carboxylic acids is 1. The SMILES string of the molecule is CC(=O)c1ccccc1C(C)(OCc1ccc(O)cc1)c1ccc(Cl)cc1.CCCC. The average Bonchev–Trinajstić information content (AvgIpc) is 2.79. The van der Waals surface area contributed by atoms with Gasteiger partial charge in [0.15, 0.2) is 5.78 Å². The fourth-order valence-corrected chi connectivity index (χ4v) is 3.24. The highest BCUT2D eigenvalue weighted by Gasteiger charge is 2.33. The maximum Gasteiger partial charge on any atom is 0.160 e. The fraction of sp³-hybridized carbons (Fsp3) is 0.296. The molecule has 0 bridgehead atoms. The predicted octanol–water partition coefficient (Wildman–Crippen LogP) is 7.53. The number of hydrogen-bond donors (Lipinski definition) is 1. The Hall–Kier alpha value is -2.62. The largest absolute Gasteiger partial charge is 0.508 e. The molecule has 3 nitrogen and oxygen atoms in total. The Balaban J connectivity index is 0.000000785. The van der Waals surface area contributed by atoms with Gasteiger partial charge in [-0.05, 0) is 54.8 Å². The zero-order chi connectivity index (χ0) is 22.9. The van der Waals surface area contributed by atoms with Gasteiger partial charge in [0.25, 0.3) is 0 Å². The van der Waals surface area contributed by atoms with E-state index in [2.05, 4.69) is 13.8 Å². The second-order valence-corrected chi connectivity index (χ2v) is 8.03. The van der Waals surface area contributed by atoms with Crippen LogP contribution in [0.25, 0.3) is 0 Å². The first-order chi connectivity index (χ1) is 14.8. The maximum absolute atomic E-state index is 12.2. The number of benzene rings is 3. The molecule has 0 saturated heterocycles. The minimum atomic E-state index is -0.843. The van der Waals surface area contributed by atoms with Gasteiger partial charge in [0.1, 0.15) is 11.4 Å². The van der Waals surface area contributed by atoms with E-state index in [0.29, 0.717) is 17.2 Å². The third-order valence-corrected chi connectivity index (χ3v) is 5.43. The molecule has 31 heavy (non-hydrogen) atoms. The molecular weight excluding hydrogens is 408 g/mol. The van der Waals surface area contributed by atoms with Crippen LogP contribution in [0.3, 0.4) is 0 Å². The van der Waals surface area contributed by atoms with Crippen molar-refractivity contribution in [1.29, 1.82) is 0 Å². The molecule has 1 unspecified atom stereocenters. The second kappa shape index (κ2) is 11.7. The van der Waals surface area contributed by atoms with Crippen LogP contribution in [0.4, 0.5) is 0 Å². The summed E-state index contributed by atoms with van der Waals surface area (Å²) in [5, 5.41) is 10.1. The highest BCUT2D eigenvalue weighted by atomic mass is 35.5. The van der Waals surface area contributed by atoms with Crippen molar-refractivity contribution in [3.63, 3.8) is 0 Å². The van der Waals surface area contributed by atoms with Crippen LogP contribution >= 0.6 is 11.6 Å². The molecule has 3 rings (SSSR count). The quantitative estimate of drug-likeness (QED) is 0.387. The number of Topliss-reactive ketones (excluding diaryl/α,β-unsaturated/α-hetero) is 1. The summed E-state index contributed by atoms with van der Waals surface area (Å²) < 4.78 is 6.38. The molecule has 1 N–H and O–H groups in total. The zero-order valence-electron chi connectivity index (χ0n) is 18.7. The van der Waals surface area contributed by atoms with Crippen molar-refractivity contribution in [3.05, 3.63) is 100 Å². The van der Waals surface area contributed by atoms with Crippen LogP contribution in [-0.4, -0.2) is 10.9 Å². The van der Waals surface area contributed by atoms with E-state index in [1.165, 1.54) is 12.8 Å². The maximum atomic E-state index is 12.2. The summed E-state index contributed by atoms with van der Waals surface area (Å²) in [5.41, 5.74) is 2.41. The van der Waals surface area contributed by atoms with Gasteiger partial charge < -0.3 is 9.84 Å². The summed E-state index contributed by atoms with van der Waals surface area (Å²) in [6.45, 7) is 8.20. The minimum Gasteiger partial charge on any atom is -0.508 e. The lowest BCUT2D eigenvalue weighted by molar-refractivity contribution is -0.0169. The number of halogens is 1. The smallest absolute Gasteiger partial charge is 0.160 e. The lowest BCUT2D eigenvalue weighted by Gasteiger charge is -2.33. The highest BCUT2D eigenvalue weighted by molar-refractivity contribution is 6.30. The summed E-state index contributed by atoms with van der Waals surface area (Å²) in [6, 6.07) is 21.8. The van der Waals surface area contributed by atoms with Gasteiger partial charge >= 0.3 is 0 Å².